The van der Waals surface area contributed by atoms with E-state index in [-0.39, 0.29) is 5.78 Å². The fourth-order valence-electron chi connectivity index (χ4n) is 0. The van der Waals surface area contributed by atoms with Gasteiger partial charge >= 0.3 is 0 Å². The van der Waals surface area contributed by atoms with Crippen LogP contribution in [0.4, 0.5) is 0 Å². The number of carbonyl (C=O) groups excluding carboxylic acids is 1. The molecule has 0 heterocycles. The molecule has 0 bridgehead atoms. The minimum Gasteiger partial charge on any atom is -0.295 e. The van der Waals surface area contributed by atoms with Gasteiger partial charge in [0, 0.05) is 6.08 Å². The number of rotatable bonds is 1. The van der Waals surface area contributed by atoms with Crippen molar-refractivity contribution in [2.75, 3.05) is 0 Å². The van der Waals surface area contributed by atoms with E-state index < -0.39 is 0 Å². The average Bonchev–Trinajstić information content (AvgIpc) is 1.89. The largest absolute Gasteiger partial charge is 0.295 e. The number of hydrogen-bond acceptors (Lipinski definition) is 2. The number of hydrogen-bond donors (Lipinski definition) is 0. The zero-order valence-electron chi connectivity index (χ0n) is 5.42. The van der Waals surface area contributed by atoms with Gasteiger partial charge in [0.2, 0.25) is 0 Å². The first-order chi connectivity index (χ1) is 4.18. The van der Waals surface area contributed by atoms with E-state index >= 15 is 0 Å². The molecular formula is C7H9NO. The van der Waals surface area contributed by atoms with Crippen molar-refractivity contribution >= 4 is 5.78 Å². The first kappa shape index (κ1) is 10.6. The Kier molecular flexibility index (Phi) is 11.5. The van der Waals surface area contributed by atoms with E-state index in [1.807, 2.05) is 0 Å². The molecule has 0 aliphatic carbocycles. The Hall–Kier alpha value is -1.36. The van der Waals surface area contributed by atoms with E-state index in [2.05, 4.69) is 13.2 Å². The van der Waals surface area contributed by atoms with Crippen LogP contribution in [0.15, 0.2) is 25.3 Å². The summed E-state index contributed by atoms with van der Waals surface area (Å²) in [5.74, 6) is 0.0185. The number of allylic oxidation sites excluding steroid dienone is 2. The van der Waals surface area contributed by atoms with Gasteiger partial charge < -0.3 is 0 Å². The summed E-state index contributed by atoms with van der Waals surface area (Å²) in [4.78, 5) is 9.69. The summed E-state index contributed by atoms with van der Waals surface area (Å²) in [6.07, 6.45) is 2.46. The van der Waals surface area contributed by atoms with Gasteiger partial charge in [-0.05, 0) is 13.0 Å². The summed E-state index contributed by atoms with van der Waals surface area (Å²) in [5, 5.41) is 7.51. The van der Waals surface area contributed by atoms with Crippen molar-refractivity contribution in [1.29, 1.82) is 5.26 Å². The third kappa shape index (κ3) is 53.2. The molecule has 2 heteroatoms. The van der Waals surface area contributed by atoms with Crippen LogP contribution in [-0.4, -0.2) is 5.78 Å². The molecule has 0 aliphatic heterocycles. The molecule has 2 nitrogen and oxygen atoms in total. The Balaban J connectivity index is 0. The van der Waals surface area contributed by atoms with Crippen LogP contribution in [0.3, 0.4) is 0 Å². The van der Waals surface area contributed by atoms with Crippen LogP contribution in [0.1, 0.15) is 6.92 Å². The SMILES string of the molecule is C=CC#N.C=CC(C)=O. The lowest BCUT2D eigenvalue weighted by molar-refractivity contribution is -0.112. The summed E-state index contributed by atoms with van der Waals surface area (Å²) in [6.45, 7) is 7.79. The van der Waals surface area contributed by atoms with Gasteiger partial charge in [0.1, 0.15) is 0 Å². The molecule has 0 saturated heterocycles. The predicted molar refractivity (Wildman–Crippen MR) is 36.7 cm³/mol. The van der Waals surface area contributed by atoms with E-state index in [0.717, 1.165) is 0 Å². The van der Waals surface area contributed by atoms with Crippen molar-refractivity contribution < 1.29 is 4.79 Å². The Morgan fingerprint density at radius 1 is 1.67 bits per heavy atom. The molecule has 0 atom stereocenters. The van der Waals surface area contributed by atoms with Crippen LogP contribution in [0.5, 0.6) is 0 Å². The third-order valence-corrected chi connectivity index (χ3v) is 0.379. The topological polar surface area (TPSA) is 40.9 Å². The predicted octanol–water partition coefficient (Wildman–Crippen LogP) is 1.46. The lowest BCUT2D eigenvalue weighted by Crippen LogP contribution is -1.74. The molecule has 0 rings (SSSR count). The first-order valence-corrected chi connectivity index (χ1v) is 2.32. The van der Waals surface area contributed by atoms with Crippen LogP contribution in [0, 0.1) is 11.3 Å². The van der Waals surface area contributed by atoms with Crippen molar-refractivity contribution in [2.45, 2.75) is 6.92 Å². The van der Waals surface area contributed by atoms with Gasteiger partial charge in [0.05, 0.1) is 6.07 Å². The van der Waals surface area contributed by atoms with E-state index in [4.69, 9.17) is 5.26 Å². The molecule has 0 aromatic heterocycles. The molecule has 0 aliphatic rings. The minimum absolute atomic E-state index is 0.0185. The highest BCUT2D eigenvalue weighted by molar-refractivity contribution is 5.86. The molecule has 0 fully saturated rings. The van der Waals surface area contributed by atoms with Crippen LogP contribution < -0.4 is 0 Å². The number of carbonyl (C=O) groups is 1. The molecule has 0 spiro atoms. The summed E-state index contributed by atoms with van der Waals surface area (Å²) in [5.41, 5.74) is 0. The molecule has 0 aromatic carbocycles. The fraction of sp³-hybridized carbons (Fsp3) is 0.143. The zero-order chi connectivity index (χ0) is 7.70. The average molecular weight is 123 g/mol. The fourth-order valence-corrected chi connectivity index (χ4v) is 0. The van der Waals surface area contributed by atoms with Gasteiger partial charge in [-0.25, -0.2) is 0 Å². The normalized spacial score (nSPS) is 5.33. The van der Waals surface area contributed by atoms with Crippen molar-refractivity contribution in [3.8, 4) is 6.07 Å². The highest BCUT2D eigenvalue weighted by atomic mass is 16.1. The van der Waals surface area contributed by atoms with Crippen LogP contribution >= 0.6 is 0 Å². The molecule has 9 heavy (non-hydrogen) atoms. The van der Waals surface area contributed by atoms with Crippen LogP contribution in [-0.2, 0) is 4.79 Å². The van der Waals surface area contributed by atoms with Gasteiger partial charge in [-0.1, -0.05) is 13.2 Å². The van der Waals surface area contributed by atoms with Crippen molar-refractivity contribution in [2.24, 2.45) is 0 Å². The highest BCUT2D eigenvalue weighted by Crippen LogP contribution is 1.60. The Bertz CT molecular complexity index is 141. The molecule has 0 N–H and O–H groups in total. The third-order valence-electron chi connectivity index (χ3n) is 0.379. The van der Waals surface area contributed by atoms with E-state index in [1.165, 1.54) is 19.1 Å². The Labute approximate surface area is 55.1 Å². The van der Waals surface area contributed by atoms with Crippen molar-refractivity contribution in [3.63, 3.8) is 0 Å². The molecular weight excluding hydrogens is 114 g/mol. The van der Waals surface area contributed by atoms with Gasteiger partial charge in [-0.2, -0.15) is 5.26 Å². The molecule has 0 unspecified atom stereocenters. The van der Waals surface area contributed by atoms with Gasteiger partial charge in [-0.15, -0.1) is 0 Å². The Morgan fingerprint density at radius 3 is 1.89 bits per heavy atom. The van der Waals surface area contributed by atoms with Crippen LogP contribution in [0.2, 0.25) is 0 Å². The molecule has 0 saturated carbocycles. The standard InChI is InChI=1S/C4H6O.C3H3N/c1-3-4(2)5;1-2-3-4/h3H,1H2,2H3;2H,1H2. The quantitative estimate of drug-likeness (QED) is 0.391. The number of ketones is 1. The molecule has 0 amide bonds. The maximum absolute atomic E-state index is 9.69. The van der Waals surface area contributed by atoms with Crippen LogP contribution in [0.25, 0.3) is 0 Å². The molecule has 0 radical (unpaired) electrons. The maximum Gasteiger partial charge on any atom is 0.152 e. The van der Waals surface area contributed by atoms with Crippen molar-refractivity contribution in [1.82, 2.24) is 0 Å². The summed E-state index contributed by atoms with van der Waals surface area (Å²) in [7, 11) is 0. The first-order valence-electron chi connectivity index (χ1n) is 2.32. The second-order valence-electron chi connectivity index (χ2n) is 1.15. The lowest BCUT2D eigenvalue weighted by atomic mass is 10.5. The molecule has 0 aromatic rings. The number of nitriles is 1. The van der Waals surface area contributed by atoms with Crippen molar-refractivity contribution in [3.05, 3.63) is 25.3 Å². The molecule has 48 valence electrons. The van der Waals surface area contributed by atoms with E-state index in [9.17, 15) is 4.79 Å². The number of nitrogens with zero attached hydrogens (tertiary/aromatic N) is 1. The van der Waals surface area contributed by atoms with Gasteiger partial charge in [0.15, 0.2) is 5.78 Å². The maximum atomic E-state index is 9.69. The monoisotopic (exact) mass is 123 g/mol. The summed E-state index contributed by atoms with van der Waals surface area (Å²) >= 11 is 0. The minimum atomic E-state index is 0.0185. The van der Waals surface area contributed by atoms with Gasteiger partial charge in [0.25, 0.3) is 0 Å². The van der Waals surface area contributed by atoms with E-state index in [0.29, 0.717) is 0 Å². The summed E-state index contributed by atoms with van der Waals surface area (Å²) in [6, 6.07) is 1.69. The zero-order valence-corrected chi connectivity index (χ0v) is 5.42. The van der Waals surface area contributed by atoms with Gasteiger partial charge in [-0.3, -0.25) is 4.79 Å². The highest BCUT2D eigenvalue weighted by Gasteiger charge is 1.69. The second kappa shape index (κ2) is 9.81. The summed E-state index contributed by atoms with van der Waals surface area (Å²) < 4.78 is 0. The van der Waals surface area contributed by atoms with E-state index in [1.54, 1.807) is 6.07 Å². The Morgan fingerprint density at radius 2 is 1.89 bits per heavy atom. The second-order valence-corrected chi connectivity index (χ2v) is 1.15. The lowest BCUT2D eigenvalue weighted by Gasteiger charge is -1.62. The smallest absolute Gasteiger partial charge is 0.152 e.